The first-order valence-electron chi connectivity index (χ1n) is 13.7. The monoisotopic (exact) mass is 532 g/mol. The number of hydrogen-bond acceptors (Lipinski definition) is 8. The van der Waals surface area contributed by atoms with E-state index in [4.69, 9.17) is 18.8 Å². The Hall–Kier alpha value is -2.40. The summed E-state index contributed by atoms with van der Waals surface area (Å²) in [5.74, 6) is -0.164. The molecule has 38 heavy (non-hydrogen) atoms. The first-order valence-corrected chi connectivity index (χ1v) is 13.7. The molecule has 1 aromatic heterocycles. The van der Waals surface area contributed by atoms with E-state index in [1.54, 1.807) is 33.2 Å². The summed E-state index contributed by atoms with van der Waals surface area (Å²) in [6.45, 7) is 18.3. The number of aromatic nitrogens is 2. The Morgan fingerprint density at radius 2 is 1.74 bits per heavy atom. The molecule has 1 N–H and O–H groups in total. The molecule has 10 nitrogen and oxygen atoms in total. The Morgan fingerprint density at radius 1 is 1.13 bits per heavy atom. The largest absolute Gasteiger partial charge is 0.498 e. The summed E-state index contributed by atoms with van der Waals surface area (Å²) in [5.41, 5.74) is -0.776. The fourth-order valence-electron chi connectivity index (χ4n) is 4.51. The van der Waals surface area contributed by atoms with E-state index < -0.39 is 36.1 Å². The maximum atomic E-state index is 13.5. The Morgan fingerprint density at radius 3 is 2.29 bits per heavy atom. The van der Waals surface area contributed by atoms with E-state index in [2.05, 4.69) is 15.3 Å². The van der Waals surface area contributed by atoms with Crippen LogP contribution in [-0.4, -0.2) is 76.0 Å². The van der Waals surface area contributed by atoms with Crippen LogP contribution in [0, 0.1) is 5.92 Å². The number of amides is 2. The lowest BCUT2D eigenvalue weighted by atomic mass is 9.81. The van der Waals surface area contributed by atoms with Gasteiger partial charge in [-0.15, -0.1) is 0 Å². The molecule has 3 rings (SSSR count). The van der Waals surface area contributed by atoms with Gasteiger partial charge < -0.3 is 29.0 Å². The molecule has 2 saturated heterocycles. The molecule has 2 fully saturated rings. The van der Waals surface area contributed by atoms with Crippen molar-refractivity contribution in [3.05, 3.63) is 12.4 Å². The molecule has 2 aliphatic heterocycles. The molecule has 2 aliphatic rings. The highest BCUT2D eigenvalue weighted by Gasteiger charge is 2.52. The fourth-order valence-corrected chi connectivity index (χ4v) is 4.51. The summed E-state index contributed by atoms with van der Waals surface area (Å²) in [7, 11) is -0.529. The minimum absolute atomic E-state index is 0.0157. The summed E-state index contributed by atoms with van der Waals surface area (Å²) >= 11 is 0. The first-order chi connectivity index (χ1) is 17.6. The average Bonchev–Trinajstić information content (AvgIpc) is 3.03. The zero-order valence-electron chi connectivity index (χ0n) is 24.5. The third-order valence-electron chi connectivity index (χ3n) is 7.37. The van der Waals surface area contributed by atoms with Crippen molar-refractivity contribution < 1.29 is 28.4 Å². The van der Waals surface area contributed by atoms with Gasteiger partial charge in [0.2, 0.25) is 5.91 Å². The molecule has 0 unspecified atom stereocenters. The van der Waals surface area contributed by atoms with Gasteiger partial charge in [0.25, 0.3) is 0 Å². The Bertz CT molecular complexity index is 947. The number of nitrogens with zero attached hydrogens (tertiary/aromatic N) is 3. The molecule has 11 heteroatoms. The third kappa shape index (κ3) is 7.59. The lowest BCUT2D eigenvalue weighted by Crippen LogP contribution is -2.56. The zero-order chi connectivity index (χ0) is 28.3. The van der Waals surface area contributed by atoms with E-state index >= 15 is 0 Å². The topological polar surface area (TPSA) is 112 Å². The molecule has 2 amide bonds. The zero-order valence-corrected chi connectivity index (χ0v) is 24.5. The van der Waals surface area contributed by atoms with Gasteiger partial charge in [0.05, 0.1) is 17.8 Å². The highest BCUT2D eigenvalue weighted by molar-refractivity contribution is 6.61. The van der Waals surface area contributed by atoms with Crippen molar-refractivity contribution in [3.63, 3.8) is 0 Å². The van der Waals surface area contributed by atoms with Gasteiger partial charge in [-0.25, -0.2) is 14.8 Å². The molecule has 0 bridgehead atoms. The van der Waals surface area contributed by atoms with Gasteiger partial charge >= 0.3 is 19.2 Å². The van der Waals surface area contributed by atoms with E-state index in [0.29, 0.717) is 19.6 Å². The standard InChI is InChI=1S/C27H45BN4O6/c1-18(2)21(31-24(34)36-25(3,4)5)22(33)32-14-11-10-12-20(32)13-15-35-23-29-16-19(17-30-23)28-37-26(6,7)27(8,9)38-28/h16-18,20-21H,10-15H2,1-9H3,(H,31,34)/t20-,21+/m1/s1. The number of hydrogen-bond donors (Lipinski definition) is 1. The number of rotatable bonds is 8. The highest BCUT2D eigenvalue weighted by atomic mass is 16.7. The van der Waals surface area contributed by atoms with Gasteiger partial charge in [-0.05, 0) is 73.6 Å². The van der Waals surface area contributed by atoms with Gasteiger partial charge in [0.1, 0.15) is 11.6 Å². The molecule has 1 aromatic rings. The summed E-state index contributed by atoms with van der Waals surface area (Å²) < 4.78 is 23.3. The van der Waals surface area contributed by atoms with Crippen LogP contribution in [0.3, 0.4) is 0 Å². The molecule has 0 saturated carbocycles. The molecule has 0 radical (unpaired) electrons. The number of carbonyl (C=O) groups excluding carboxylic acids is 2. The molecule has 0 aromatic carbocycles. The van der Waals surface area contributed by atoms with E-state index in [0.717, 1.165) is 24.7 Å². The number of alkyl carbamates (subject to hydrolysis) is 1. The molecular formula is C27H45BN4O6. The van der Waals surface area contributed by atoms with E-state index in [-0.39, 0.29) is 23.9 Å². The van der Waals surface area contributed by atoms with Crippen molar-refractivity contribution in [1.29, 1.82) is 0 Å². The quantitative estimate of drug-likeness (QED) is 0.507. The maximum absolute atomic E-state index is 13.5. The van der Waals surface area contributed by atoms with Crippen LogP contribution >= 0.6 is 0 Å². The summed E-state index contributed by atoms with van der Waals surface area (Å²) in [6.07, 6.45) is 6.25. The van der Waals surface area contributed by atoms with Crippen LogP contribution in [0.15, 0.2) is 12.4 Å². The van der Waals surface area contributed by atoms with Crippen molar-refractivity contribution >= 4 is 24.6 Å². The summed E-state index contributed by atoms with van der Waals surface area (Å²) in [4.78, 5) is 36.4. The van der Waals surface area contributed by atoms with Crippen LogP contribution in [0.2, 0.25) is 0 Å². The second-order valence-corrected chi connectivity index (χ2v) is 12.6. The number of carbonyl (C=O) groups is 2. The van der Waals surface area contributed by atoms with E-state index in [1.807, 2.05) is 46.4 Å². The highest BCUT2D eigenvalue weighted by Crippen LogP contribution is 2.36. The molecule has 3 heterocycles. The SMILES string of the molecule is CC(C)[C@H](NC(=O)OC(C)(C)C)C(=O)N1CCCC[C@@H]1CCOc1ncc(B2OC(C)(C)C(C)(C)O2)cn1. The van der Waals surface area contributed by atoms with Crippen molar-refractivity contribution in [2.75, 3.05) is 13.2 Å². The van der Waals surface area contributed by atoms with Crippen molar-refractivity contribution in [2.45, 2.75) is 117 Å². The minimum Gasteiger partial charge on any atom is -0.463 e. The van der Waals surface area contributed by atoms with Gasteiger partial charge in [-0.1, -0.05) is 13.8 Å². The number of ether oxygens (including phenoxy) is 2. The van der Waals surface area contributed by atoms with Gasteiger partial charge in [0, 0.05) is 36.9 Å². The predicted molar refractivity (Wildman–Crippen MR) is 145 cm³/mol. The summed E-state index contributed by atoms with van der Waals surface area (Å²) in [6, 6.07) is -0.371. The second kappa shape index (κ2) is 11.8. The van der Waals surface area contributed by atoms with Gasteiger partial charge in [-0.2, -0.15) is 0 Å². The lowest BCUT2D eigenvalue weighted by Gasteiger charge is -2.39. The van der Waals surface area contributed by atoms with Gasteiger partial charge in [-0.3, -0.25) is 4.79 Å². The number of nitrogens with one attached hydrogen (secondary N) is 1. The molecular weight excluding hydrogens is 487 g/mol. The van der Waals surface area contributed by atoms with Crippen LogP contribution in [0.5, 0.6) is 6.01 Å². The van der Waals surface area contributed by atoms with Crippen molar-refractivity contribution in [3.8, 4) is 6.01 Å². The average molecular weight is 532 g/mol. The second-order valence-electron chi connectivity index (χ2n) is 12.6. The van der Waals surface area contributed by atoms with Crippen LogP contribution in [0.25, 0.3) is 0 Å². The van der Waals surface area contributed by atoms with Crippen molar-refractivity contribution in [2.24, 2.45) is 5.92 Å². The molecule has 2 atom stereocenters. The molecule has 0 spiro atoms. The third-order valence-corrected chi connectivity index (χ3v) is 7.37. The normalized spacial score (nSPS) is 21.8. The Kier molecular flexibility index (Phi) is 9.34. The molecule has 212 valence electrons. The van der Waals surface area contributed by atoms with Crippen LogP contribution < -0.4 is 15.5 Å². The van der Waals surface area contributed by atoms with E-state index in [9.17, 15) is 9.59 Å². The molecule has 0 aliphatic carbocycles. The van der Waals surface area contributed by atoms with E-state index in [1.165, 1.54) is 0 Å². The lowest BCUT2D eigenvalue weighted by molar-refractivity contribution is -0.138. The smallest absolute Gasteiger partial charge is 0.463 e. The van der Waals surface area contributed by atoms with Crippen molar-refractivity contribution in [1.82, 2.24) is 20.2 Å². The first kappa shape index (κ1) is 30.2. The number of likely N-dealkylation sites (tertiary alicyclic amines) is 1. The Labute approximate surface area is 227 Å². The van der Waals surface area contributed by atoms with Crippen LogP contribution in [0.4, 0.5) is 4.79 Å². The maximum Gasteiger partial charge on any atom is 0.498 e. The van der Waals surface area contributed by atoms with Gasteiger partial charge in [0.15, 0.2) is 0 Å². The predicted octanol–water partition coefficient (Wildman–Crippen LogP) is 3.48. The number of piperidine rings is 1. The van der Waals surface area contributed by atoms with Crippen LogP contribution in [0.1, 0.15) is 88.0 Å². The Balaban J connectivity index is 1.56. The summed E-state index contributed by atoms with van der Waals surface area (Å²) in [5, 5.41) is 2.79. The minimum atomic E-state index is -0.655. The fraction of sp³-hybridized carbons (Fsp3) is 0.778. The van der Waals surface area contributed by atoms with Crippen LogP contribution in [-0.2, 0) is 18.8 Å².